The summed E-state index contributed by atoms with van der Waals surface area (Å²) >= 11 is 11.9. The van der Waals surface area contributed by atoms with Gasteiger partial charge in [0.15, 0.2) is 5.82 Å². The minimum atomic E-state index is 0.400. The SMILES string of the molecule is C/C(=N/Nc1ncc(Cl)cc1Cl)c1cccc(-n2cnnn2)c1. The number of halogens is 2. The molecule has 0 bridgehead atoms. The largest absolute Gasteiger partial charge is 0.260 e. The van der Waals surface area contributed by atoms with Crippen LogP contribution in [0.3, 0.4) is 0 Å². The van der Waals surface area contributed by atoms with Crippen LogP contribution in [0.1, 0.15) is 12.5 Å². The van der Waals surface area contributed by atoms with E-state index in [1.165, 1.54) is 12.5 Å². The van der Waals surface area contributed by atoms with E-state index in [1.807, 2.05) is 31.2 Å². The molecule has 0 aliphatic rings. The highest BCUT2D eigenvalue weighted by atomic mass is 35.5. The van der Waals surface area contributed by atoms with Crippen LogP contribution in [-0.4, -0.2) is 30.9 Å². The maximum absolute atomic E-state index is 6.05. The highest BCUT2D eigenvalue weighted by Gasteiger charge is 2.04. The Morgan fingerprint density at radius 1 is 1.26 bits per heavy atom. The molecule has 0 saturated carbocycles. The first-order valence-electron chi connectivity index (χ1n) is 6.58. The quantitative estimate of drug-likeness (QED) is 0.578. The number of hydrazone groups is 1. The van der Waals surface area contributed by atoms with Gasteiger partial charge < -0.3 is 0 Å². The van der Waals surface area contributed by atoms with Crippen LogP contribution in [0.15, 0.2) is 48.0 Å². The number of tetrazole rings is 1. The van der Waals surface area contributed by atoms with Crippen molar-refractivity contribution in [1.29, 1.82) is 0 Å². The second-order valence-corrected chi connectivity index (χ2v) is 5.44. The summed E-state index contributed by atoms with van der Waals surface area (Å²) in [4.78, 5) is 4.09. The van der Waals surface area contributed by atoms with Gasteiger partial charge in [0, 0.05) is 6.20 Å². The van der Waals surface area contributed by atoms with Crippen LogP contribution in [0.2, 0.25) is 10.0 Å². The first-order chi connectivity index (χ1) is 11.1. The average molecular weight is 348 g/mol. The van der Waals surface area contributed by atoms with Crippen LogP contribution < -0.4 is 5.43 Å². The molecule has 0 atom stereocenters. The smallest absolute Gasteiger partial charge is 0.165 e. The fraction of sp³-hybridized carbons (Fsp3) is 0.0714. The maximum atomic E-state index is 6.05. The minimum absolute atomic E-state index is 0.400. The van der Waals surface area contributed by atoms with Gasteiger partial charge in [0.25, 0.3) is 0 Å². The fourth-order valence-corrected chi connectivity index (χ4v) is 2.27. The highest BCUT2D eigenvalue weighted by molar-refractivity contribution is 6.35. The Balaban J connectivity index is 1.82. The normalized spacial score (nSPS) is 11.5. The van der Waals surface area contributed by atoms with E-state index in [-0.39, 0.29) is 0 Å². The number of nitrogens with zero attached hydrogens (tertiary/aromatic N) is 6. The number of hydrogen-bond donors (Lipinski definition) is 1. The van der Waals surface area contributed by atoms with Crippen molar-refractivity contribution in [2.45, 2.75) is 6.92 Å². The third-order valence-corrected chi connectivity index (χ3v) is 3.51. The Kier molecular flexibility index (Phi) is 4.50. The minimum Gasteiger partial charge on any atom is -0.260 e. The Bertz CT molecular complexity index is 846. The molecular formula is C14H11Cl2N7. The molecule has 0 unspecified atom stereocenters. The van der Waals surface area contributed by atoms with Gasteiger partial charge >= 0.3 is 0 Å². The first kappa shape index (κ1) is 15.4. The first-order valence-corrected chi connectivity index (χ1v) is 7.34. The Morgan fingerprint density at radius 2 is 2.13 bits per heavy atom. The van der Waals surface area contributed by atoms with Crippen molar-refractivity contribution in [2.24, 2.45) is 5.10 Å². The van der Waals surface area contributed by atoms with Crippen LogP contribution in [-0.2, 0) is 0 Å². The topological polar surface area (TPSA) is 80.9 Å². The van der Waals surface area contributed by atoms with E-state index in [2.05, 4.69) is 31.0 Å². The molecule has 1 N–H and O–H groups in total. The molecule has 3 aromatic rings. The molecule has 0 aliphatic heterocycles. The summed E-state index contributed by atoms with van der Waals surface area (Å²) in [5.74, 6) is 0.437. The number of benzene rings is 1. The molecule has 0 spiro atoms. The molecular weight excluding hydrogens is 337 g/mol. The number of anilines is 1. The summed E-state index contributed by atoms with van der Waals surface area (Å²) in [6.45, 7) is 1.87. The Hall–Kier alpha value is -2.51. The summed E-state index contributed by atoms with van der Waals surface area (Å²) in [6, 6.07) is 9.26. The third kappa shape index (κ3) is 3.64. The van der Waals surface area contributed by atoms with Crippen molar-refractivity contribution in [2.75, 3.05) is 5.43 Å². The highest BCUT2D eigenvalue weighted by Crippen LogP contribution is 2.22. The molecule has 2 heterocycles. The van der Waals surface area contributed by atoms with Gasteiger partial charge in [0.2, 0.25) is 0 Å². The number of pyridine rings is 1. The van der Waals surface area contributed by atoms with Crippen molar-refractivity contribution < 1.29 is 0 Å². The number of aromatic nitrogens is 5. The lowest BCUT2D eigenvalue weighted by Crippen LogP contribution is -2.03. The van der Waals surface area contributed by atoms with E-state index in [0.717, 1.165) is 17.0 Å². The zero-order valence-electron chi connectivity index (χ0n) is 12.0. The second-order valence-electron chi connectivity index (χ2n) is 4.60. The molecule has 1 aromatic carbocycles. The molecule has 0 aliphatic carbocycles. The monoisotopic (exact) mass is 347 g/mol. The van der Waals surface area contributed by atoms with Gasteiger partial charge in [-0.25, -0.2) is 9.67 Å². The Labute approximate surface area is 142 Å². The third-order valence-electron chi connectivity index (χ3n) is 3.01. The van der Waals surface area contributed by atoms with E-state index in [4.69, 9.17) is 23.2 Å². The maximum Gasteiger partial charge on any atom is 0.165 e. The molecule has 0 amide bonds. The number of hydrogen-bond acceptors (Lipinski definition) is 6. The van der Waals surface area contributed by atoms with Crippen LogP contribution in [0.4, 0.5) is 5.82 Å². The number of rotatable bonds is 4. The van der Waals surface area contributed by atoms with E-state index < -0.39 is 0 Å². The molecule has 0 fully saturated rings. The van der Waals surface area contributed by atoms with Gasteiger partial charge in [-0.05, 0) is 41.1 Å². The molecule has 116 valence electrons. The fourth-order valence-electron chi connectivity index (χ4n) is 1.85. The molecule has 7 nitrogen and oxygen atoms in total. The predicted molar refractivity (Wildman–Crippen MR) is 89.2 cm³/mol. The van der Waals surface area contributed by atoms with Gasteiger partial charge in [-0.3, -0.25) is 5.43 Å². The molecule has 2 aromatic heterocycles. The predicted octanol–water partition coefficient (Wildman–Crippen LogP) is 3.20. The molecule has 9 heteroatoms. The van der Waals surface area contributed by atoms with Crippen molar-refractivity contribution in [1.82, 2.24) is 25.2 Å². The van der Waals surface area contributed by atoms with E-state index in [0.29, 0.717) is 15.9 Å². The van der Waals surface area contributed by atoms with Crippen molar-refractivity contribution >= 4 is 34.7 Å². The van der Waals surface area contributed by atoms with Gasteiger partial charge in [0.1, 0.15) is 6.33 Å². The van der Waals surface area contributed by atoms with Crippen molar-refractivity contribution in [3.8, 4) is 5.69 Å². The van der Waals surface area contributed by atoms with E-state index in [1.54, 1.807) is 10.7 Å². The molecule has 3 rings (SSSR count). The van der Waals surface area contributed by atoms with Gasteiger partial charge in [-0.15, -0.1) is 5.10 Å². The zero-order chi connectivity index (χ0) is 16.2. The summed E-state index contributed by atoms with van der Waals surface area (Å²) in [5, 5.41) is 16.3. The second kappa shape index (κ2) is 6.72. The van der Waals surface area contributed by atoms with Gasteiger partial charge in [-0.2, -0.15) is 5.10 Å². The molecule has 0 radical (unpaired) electrons. The standard InChI is InChI=1S/C14H11Cl2N7/c1-9(19-20-14-13(16)6-11(15)7-17-14)10-3-2-4-12(5-10)23-8-18-21-22-23/h2-8H,1H3,(H,17,20)/b19-9-. The number of nitrogens with one attached hydrogen (secondary N) is 1. The van der Waals surface area contributed by atoms with Crippen LogP contribution in [0.25, 0.3) is 5.69 Å². The summed E-state index contributed by atoms with van der Waals surface area (Å²) in [7, 11) is 0. The van der Waals surface area contributed by atoms with E-state index in [9.17, 15) is 0 Å². The average Bonchev–Trinajstić information content (AvgIpc) is 3.08. The molecule has 23 heavy (non-hydrogen) atoms. The van der Waals surface area contributed by atoms with E-state index >= 15 is 0 Å². The summed E-state index contributed by atoms with van der Waals surface area (Å²) < 4.78 is 1.57. The summed E-state index contributed by atoms with van der Waals surface area (Å²) in [6.07, 6.45) is 3.03. The lowest BCUT2D eigenvalue weighted by atomic mass is 10.1. The lowest BCUT2D eigenvalue weighted by Gasteiger charge is -2.06. The molecule has 0 saturated heterocycles. The van der Waals surface area contributed by atoms with Gasteiger partial charge in [0.05, 0.1) is 21.4 Å². The zero-order valence-corrected chi connectivity index (χ0v) is 13.5. The van der Waals surface area contributed by atoms with Crippen LogP contribution in [0, 0.1) is 0 Å². The van der Waals surface area contributed by atoms with Gasteiger partial charge in [-0.1, -0.05) is 35.3 Å². The van der Waals surface area contributed by atoms with Crippen LogP contribution in [0.5, 0.6) is 0 Å². The van der Waals surface area contributed by atoms with Crippen LogP contribution >= 0.6 is 23.2 Å². The van der Waals surface area contributed by atoms with Crippen molar-refractivity contribution in [3.05, 3.63) is 58.5 Å². The van der Waals surface area contributed by atoms with Crippen molar-refractivity contribution in [3.63, 3.8) is 0 Å². The summed E-state index contributed by atoms with van der Waals surface area (Å²) in [5.41, 5.74) is 5.34. The Morgan fingerprint density at radius 3 is 2.87 bits per heavy atom. The lowest BCUT2D eigenvalue weighted by molar-refractivity contribution is 0.789.